The van der Waals surface area contributed by atoms with Gasteiger partial charge in [0.2, 0.25) is 5.95 Å². The number of carbonyl (C=O) groups excluding carboxylic acids is 1. The molecule has 0 fully saturated rings. The summed E-state index contributed by atoms with van der Waals surface area (Å²) in [7, 11) is -3.85. The van der Waals surface area contributed by atoms with Crippen molar-refractivity contribution < 1.29 is 13.2 Å². The summed E-state index contributed by atoms with van der Waals surface area (Å²) in [4.78, 5) is 20.8. The van der Waals surface area contributed by atoms with Crippen LogP contribution in [0.1, 0.15) is 28.4 Å². The largest absolute Gasteiger partial charge is 0.378 e. The topological polar surface area (TPSA) is 101 Å². The van der Waals surface area contributed by atoms with E-state index in [0.29, 0.717) is 16.3 Å². The van der Waals surface area contributed by atoms with Gasteiger partial charge in [-0.3, -0.25) is 4.79 Å². The zero-order valence-corrected chi connectivity index (χ0v) is 21.4. The predicted octanol–water partition coefficient (Wildman–Crippen LogP) is 6.12. The first-order chi connectivity index (χ1) is 16.8. The normalized spacial score (nSPS) is 12.1. The van der Waals surface area contributed by atoms with Crippen LogP contribution in [0, 0.1) is 0 Å². The van der Waals surface area contributed by atoms with Crippen molar-refractivity contribution in [2.75, 3.05) is 10.0 Å². The first-order valence-electron chi connectivity index (χ1n) is 10.5. The lowest BCUT2D eigenvalue weighted by atomic mass is 9.97. The molecule has 1 heterocycles. The van der Waals surface area contributed by atoms with Crippen LogP contribution in [0.15, 0.2) is 101 Å². The summed E-state index contributed by atoms with van der Waals surface area (Å²) in [5.74, 6) is -0.0524. The fraction of sp³-hybridized carbons (Fsp3) is 0.0800. The number of benzene rings is 3. The van der Waals surface area contributed by atoms with Crippen LogP contribution in [0.4, 0.5) is 11.6 Å². The van der Waals surface area contributed by atoms with E-state index in [-0.39, 0.29) is 29.1 Å². The fourth-order valence-corrected chi connectivity index (χ4v) is 4.80. The van der Waals surface area contributed by atoms with Crippen LogP contribution in [-0.4, -0.2) is 24.2 Å². The van der Waals surface area contributed by atoms with Gasteiger partial charge in [-0.05, 0) is 60.2 Å². The lowest BCUT2D eigenvalue weighted by Gasteiger charge is -2.20. The van der Waals surface area contributed by atoms with Crippen molar-refractivity contribution in [1.29, 1.82) is 0 Å². The van der Waals surface area contributed by atoms with Gasteiger partial charge in [0.1, 0.15) is 0 Å². The lowest BCUT2D eigenvalue weighted by Crippen LogP contribution is -2.17. The van der Waals surface area contributed by atoms with Crippen molar-refractivity contribution in [3.63, 3.8) is 0 Å². The van der Waals surface area contributed by atoms with E-state index in [0.717, 1.165) is 10.0 Å². The average molecular weight is 572 g/mol. The summed E-state index contributed by atoms with van der Waals surface area (Å²) in [6.45, 7) is 0. The molecular formula is C25H20BrClN4O3S. The minimum atomic E-state index is -3.85. The number of ketones is 1. The van der Waals surface area contributed by atoms with Crippen LogP contribution >= 0.6 is 27.5 Å². The number of sulfonamides is 1. The molecule has 178 valence electrons. The van der Waals surface area contributed by atoms with Gasteiger partial charge in [-0.1, -0.05) is 51.8 Å². The highest BCUT2D eigenvalue weighted by Crippen LogP contribution is 2.28. The van der Waals surface area contributed by atoms with Crippen LogP contribution in [0.5, 0.6) is 0 Å². The zero-order chi connectivity index (χ0) is 24.8. The monoisotopic (exact) mass is 570 g/mol. The molecule has 1 aromatic heterocycles. The number of aromatic nitrogens is 2. The van der Waals surface area contributed by atoms with E-state index in [2.05, 4.69) is 35.9 Å². The van der Waals surface area contributed by atoms with E-state index in [4.69, 9.17) is 11.6 Å². The Kier molecular flexibility index (Phi) is 7.80. The lowest BCUT2D eigenvalue weighted by molar-refractivity contribution is 0.0976. The Morgan fingerprint density at radius 3 is 2.29 bits per heavy atom. The average Bonchev–Trinajstić information content (AvgIpc) is 2.85. The number of hydrogen-bond donors (Lipinski definition) is 2. The minimum absolute atomic E-state index is 0.0119. The molecule has 0 aliphatic rings. The molecule has 0 amide bonds. The third-order valence-electron chi connectivity index (χ3n) is 5.10. The minimum Gasteiger partial charge on any atom is -0.378 e. The molecule has 1 unspecified atom stereocenters. The first kappa shape index (κ1) is 24.8. The highest BCUT2D eigenvalue weighted by molar-refractivity contribution is 9.10. The molecular weight excluding hydrogens is 552 g/mol. The highest BCUT2D eigenvalue weighted by Gasteiger charge is 2.19. The summed E-state index contributed by atoms with van der Waals surface area (Å²) in [6.07, 6.45) is 3.07. The molecule has 0 saturated heterocycles. The third-order valence-corrected chi connectivity index (χ3v) is 7.21. The van der Waals surface area contributed by atoms with Crippen molar-refractivity contribution in [3.8, 4) is 0 Å². The Balaban J connectivity index is 1.54. The number of carbonyl (C=O) groups is 1. The second-order valence-electron chi connectivity index (χ2n) is 7.59. The Morgan fingerprint density at radius 2 is 1.63 bits per heavy atom. The maximum absolute atomic E-state index is 13.0. The van der Waals surface area contributed by atoms with Gasteiger partial charge >= 0.3 is 0 Å². The summed E-state index contributed by atoms with van der Waals surface area (Å²) < 4.78 is 28.5. The molecule has 10 heteroatoms. The van der Waals surface area contributed by atoms with Gasteiger partial charge in [0.25, 0.3) is 10.0 Å². The van der Waals surface area contributed by atoms with Crippen LogP contribution in [0.3, 0.4) is 0 Å². The molecule has 0 aliphatic heterocycles. The van der Waals surface area contributed by atoms with Crippen LogP contribution in [0.25, 0.3) is 0 Å². The third kappa shape index (κ3) is 6.66. The zero-order valence-electron chi connectivity index (χ0n) is 18.2. The Labute approximate surface area is 216 Å². The molecule has 3 aromatic carbocycles. The number of nitrogens with one attached hydrogen (secondary N) is 2. The van der Waals surface area contributed by atoms with Crippen molar-refractivity contribution >= 4 is 55.0 Å². The molecule has 4 rings (SSSR count). The van der Waals surface area contributed by atoms with E-state index < -0.39 is 10.0 Å². The fourth-order valence-electron chi connectivity index (χ4n) is 3.38. The van der Waals surface area contributed by atoms with Crippen molar-refractivity contribution in [1.82, 2.24) is 9.97 Å². The molecule has 0 saturated carbocycles. The molecule has 4 aromatic rings. The number of nitrogens with zero attached hydrogens (tertiary/aromatic N) is 2. The van der Waals surface area contributed by atoms with Crippen molar-refractivity contribution in [2.24, 2.45) is 0 Å². The quantitative estimate of drug-likeness (QED) is 0.235. The number of hydrogen-bond acceptors (Lipinski definition) is 6. The first-order valence-corrected chi connectivity index (χ1v) is 13.2. The molecule has 35 heavy (non-hydrogen) atoms. The molecule has 0 radical (unpaired) electrons. The smallest absolute Gasteiger partial charge is 0.264 e. The van der Waals surface area contributed by atoms with Gasteiger partial charge in [-0.25, -0.2) is 23.1 Å². The molecule has 7 nitrogen and oxygen atoms in total. The van der Waals surface area contributed by atoms with Gasteiger partial charge < -0.3 is 5.32 Å². The summed E-state index contributed by atoms with van der Waals surface area (Å²) in [6, 6.07) is 21.9. The van der Waals surface area contributed by atoms with Gasteiger partial charge in [0.15, 0.2) is 5.78 Å². The van der Waals surface area contributed by atoms with E-state index in [1.165, 1.54) is 24.5 Å². The maximum atomic E-state index is 13.0. The molecule has 0 spiro atoms. The molecule has 0 bridgehead atoms. The van der Waals surface area contributed by atoms with E-state index >= 15 is 0 Å². The second kappa shape index (κ2) is 11.0. The Hall–Kier alpha value is -3.27. The van der Waals surface area contributed by atoms with Crippen LogP contribution in [0.2, 0.25) is 5.02 Å². The molecule has 2 N–H and O–H groups in total. The maximum Gasteiger partial charge on any atom is 0.264 e. The predicted molar refractivity (Wildman–Crippen MR) is 140 cm³/mol. The van der Waals surface area contributed by atoms with Gasteiger partial charge in [-0.2, -0.15) is 0 Å². The van der Waals surface area contributed by atoms with Crippen molar-refractivity contribution in [3.05, 3.63) is 112 Å². The number of halogens is 2. The Bertz CT molecular complexity index is 1420. The standard InChI is InChI=1S/C25H20BrClN4O3S/c26-19-7-5-17(6-8-19)24(32)16-23(18-3-1-4-20(27)15-18)30-21-9-11-22(12-10-21)35(33,34)31-25-28-13-2-14-29-25/h1-15,23,30H,16H2,(H,28,29,31). The van der Waals surface area contributed by atoms with Crippen LogP contribution in [-0.2, 0) is 10.0 Å². The second-order valence-corrected chi connectivity index (χ2v) is 10.6. The van der Waals surface area contributed by atoms with E-state index in [1.807, 2.05) is 24.3 Å². The van der Waals surface area contributed by atoms with Crippen LogP contribution < -0.4 is 10.0 Å². The van der Waals surface area contributed by atoms with E-state index in [9.17, 15) is 13.2 Å². The molecule has 0 aliphatic carbocycles. The van der Waals surface area contributed by atoms with E-state index in [1.54, 1.807) is 42.5 Å². The Morgan fingerprint density at radius 1 is 0.943 bits per heavy atom. The van der Waals surface area contributed by atoms with Gasteiger partial charge in [0, 0.05) is 39.6 Å². The van der Waals surface area contributed by atoms with Gasteiger partial charge in [-0.15, -0.1) is 0 Å². The summed E-state index contributed by atoms with van der Waals surface area (Å²) >= 11 is 9.58. The summed E-state index contributed by atoms with van der Waals surface area (Å²) in [5.41, 5.74) is 2.08. The SMILES string of the molecule is O=C(CC(Nc1ccc(S(=O)(=O)Nc2ncccn2)cc1)c1cccc(Cl)c1)c1ccc(Br)cc1. The molecule has 1 atom stereocenters. The number of rotatable bonds is 9. The van der Waals surface area contributed by atoms with Gasteiger partial charge in [0.05, 0.1) is 10.9 Å². The number of anilines is 2. The summed E-state index contributed by atoms with van der Waals surface area (Å²) in [5, 5.41) is 3.89. The highest BCUT2D eigenvalue weighted by atomic mass is 79.9. The van der Waals surface area contributed by atoms with Crippen molar-refractivity contribution in [2.45, 2.75) is 17.4 Å². The number of Topliss-reactive ketones (excluding diaryl/α,β-unsaturated/α-hetero) is 1.